The van der Waals surface area contributed by atoms with Crippen LogP contribution in [0.3, 0.4) is 0 Å². The van der Waals surface area contributed by atoms with Crippen molar-refractivity contribution in [3.8, 4) is 5.88 Å². The highest BCUT2D eigenvalue weighted by molar-refractivity contribution is 6.44. The van der Waals surface area contributed by atoms with Crippen LogP contribution < -0.4 is 10.1 Å². The maximum absolute atomic E-state index is 13.6. The van der Waals surface area contributed by atoms with Gasteiger partial charge in [0.1, 0.15) is 17.0 Å². The molecule has 35 heavy (non-hydrogen) atoms. The highest BCUT2D eigenvalue weighted by Crippen LogP contribution is 2.29. The van der Waals surface area contributed by atoms with Gasteiger partial charge in [0.05, 0.1) is 12.7 Å². The predicted octanol–water partition coefficient (Wildman–Crippen LogP) is 2.55. The van der Waals surface area contributed by atoms with Crippen LogP contribution in [0.1, 0.15) is 46.2 Å². The number of hydrogen-bond acceptors (Lipinski definition) is 6. The standard InChI is InChI=1S/C25H28FN5O4/c1-14-13-30(15(2)16-5-7-17(26)8-6-16)9-10-31(14)25(34)19-11-18-20(21(32)23(33)27-3)12-28-22(18)29-24(19)35-4/h5-8,11-12,14-15H,9-10,13H2,1-4H3,(H,27,33)(H,28,29)/t14-,15-/m1/s1. The quantitative estimate of drug-likeness (QED) is 0.414. The Morgan fingerprint density at radius 3 is 2.54 bits per heavy atom. The second kappa shape index (κ2) is 9.83. The summed E-state index contributed by atoms with van der Waals surface area (Å²) in [5.74, 6) is -1.88. The fraction of sp³-hybridized carbons (Fsp3) is 0.360. The number of halogens is 1. The summed E-state index contributed by atoms with van der Waals surface area (Å²) in [4.78, 5) is 49.2. The summed E-state index contributed by atoms with van der Waals surface area (Å²) in [7, 11) is 2.81. The van der Waals surface area contributed by atoms with Crippen molar-refractivity contribution in [2.75, 3.05) is 33.8 Å². The van der Waals surface area contributed by atoms with Crippen LogP contribution in [0.2, 0.25) is 0 Å². The molecule has 1 fully saturated rings. The average molecular weight is 482 g/mol. The molecule has 10 heteroatoms. The van der Waals surface area contributed by atoms with Gasteiger partial charge < -0.3 is 19.9 Å². The minimum atomic E-state index is -0.755. The molecule has 1 aromatic carbocycles. The number of pyridine rings is 1. The van der Waals surface area contributed by atoms with Crippen molar-refractivity contribution in [1.29, 1.82) is 0 Å². The number of amides is 2. The summed E-state index contributed by atoms with van der Waals surface area (Å²) >= 11 is 0. The Balaban J connectivity index is 1.58. The molecule has 1 saturated heterocycles. The molecule has 2 N–H and O–H groups in total. The molecule has 0 aliphatic carbocycles. The first-order valence-electron chi connectivity index (χ1n) is 11.4. The number of rotatable bonds is 6. The van der Waals surface area contributed by atoms with Crippen molar-refractivity contribution in [2.45, 2.75) is 25.9 Å². The van der Waals surface area contributed by atoms with Crippen LogP contribution in [0.4, 0.5) is 4.39 Å². The van der Waals surface area contributed by atoms with Gasteiger partial charge in [0.25, 0.3) is 17.6 Å². The van der Waals surface area contributed by atoms with Gasteiger partial charge in [-0.15, -0.1) is 0 Å². The van der Waals surface area contributed by atoms with Gasteiger partial charge in [-0.3, -0.25) is 19.3 Å². The SMILES string of the molecule is CNC(=O)C(=O)c1c[nH]c2nc(OC)c(C(=O)N3CCN([C@H](C)c4ccc(F)cc4)C[C@H]3C)cc12. The molecule has 1 aliphatic rings. The summed E-state index contributed by atoms with van der Waals surface area (Å²) in [6.45, 7) is 5.78. The van der Waals surface area contributed by atoms with Gasteiger partial charge >= 0.3 is 0 Å². The van der Waals surface area contributed by atoms with E-state index in [1.54, 1.807) is 23.1 Å². The second-order valence-electron chi connectivity index (χ2n) is 8.62. The van der Waals surface area contributed by atoms with E-state index in [9.17, 15) is 18.8 Å². The van der Waals surface area contributed by atoms with Crippen LogP contribution in [0, 0.1) is 5.82 Å². The van der Waals surface area contributed by atoms with Crippen LogP contribution in [-0.4, -0.2) is 77.2 Å². The van der Waals surface area contributed by atoms with E-state index in [1.807, 2.05) is 6.92 Å². The largest absolute Gasteiger partial charge is 0.480 e. The number of methoxy groups -OCH3 is 1. The number of piperazine rings is 1. The molecule has 0 unspecified atom stereocenters. The van der Waals surface area contributed by atoms with Crippen LogP contribution in [0.25, 0.3) is 11.0 Å². The zero-order valence-electron chi connectivity index (χ0n) is 20.1. The van der Waals surface area contributed by atoms with Gasteiger partial charge in [-0.2, -0.15) is 4.98 Å². The number of likely N-dealkylation sites (N-methyl/N-ethyl adjacent to an activating group) is 1. The maximum Gasteiger partial charge on any atom is 0.292 e. The Kier molecular flexibility index (Phi) is 6.83. The fourth-order valence-corrected chi connectivity index (χ4v) is 4.51. The zero-order chi connectivity index (χ0) is 25.3. The number of fused-ring (bicyclic) bond motifs is 1. The van der Waals surface area contributed by atoms with E-state index in [0.717, 1.165) is 5.56 Å². The number of nitrogens with one attached hydrogen (secondary N) is 2. The molecule has 0 radical (unpaired) electrons. The number of H-pyrrole nitrogens is 1. The number of Topliss-reactive ketones (excluding diaryl/α,β-unsaturated/α-hetero) is 1. The molecular weight excluding hydrogens is 453 g/mol. The van der Waals surface area contributed by atoms with Crippen molar-refractivity contribution in [1.82, 2.24) is 25.1 Å². The molecule has 2 amide bonds. The lowest BCUT2D eigenvalue weighted by molar-refractivity contribution is -0.116. The predicted molar refractivity (Wildman–Crippen MR) is 128 cm³/mol. The smallest absolute Gasteiger partial charge is 0.292 e. The van der Waals surface area contributed by atoms with Crippen molar-refractivity contribution in [3.05, 3.63) is 59.0 Å². The number of aromatic amines is 1. The molecular formula is C25H28FN5O4. The minimum absolute atomic E-state index is 0.0704. The van der Waals surface area contributed by atoms with Gasteiger partial charge in [0.2, 0.25) is 5.88 Å². The zero-order valence-corrected chi connectivity index (χ0v) is 20.1. The maximum atomic E-state index is 13.6. The first-order valence-corrected chi connectivity index (χ1v) is 11.4. The first kappa shape index (κ1) is 24.3. The molecule has 0 saturated carbocycles. The highest BCUT2D eigenvalue weighted by Gasteiger charge is 2.33. The van der Waals surface area contributed by atoms with E-state index in [0.29, 0.717) is 30.7 Å². The lowest BCUT2D eigenvalue weighted by Crippen LogP contribution is -2.54. The Hall–Kier alpha value is -3.79. The molecule has 184 valence electrons. The average Bonchev–Trinajstić information content (AvgIpc) is 3.29. The summed E-state index contributed by atoms with van der Waals surface area (Å²) in [5.41, 5.74) is 1.71. The summed E-state index contributed by atoms with van der Waals surface area (Å²) < 4.78 is 18.7. The van der Waals surface area contributed by atoms with Gasteiger partial charge in [-0.05, 0) is 37.6 Å². The Morgan fingerprint density at radius 1 is 1.20 bits per heavy atom. The molecule has 9 nitrogen and oxygen atoms in total. The topological polar surface area (TPSA) is 108 Å². The number of carbonyl (C=O) groups is 3. The monoisotopic (exact) mass is 481 g/mol. The van der Waals surface area contributed by atoms with Gasteiger partial charge in [-0.25, -0.2) is 4.39 Å². The Bertz CT molecular complexity index is 1270. The molecule has 1 aliphatic heterocycles. The van der Waals surface area contributed by atoms with Gasteiger partial charge in [-0.1, -0.05) is 12.1 Å². The molecule has 2 atom stereocenters. The lowest BCUT2D eigenvalue weighted by atomic mass is 10.0. The molecule has 3 heterocycles. The van der Waals surface area contributed by atoms with Gasteiger partial charge in [0.15, 0.2) is 0 Å². The van der Waals surface area contributed by atoms with Crippen LogP contribution >= 0.6 is 0 Å². The highest BCUT2D eigenvalue weighted by atomic mass is 19.1. The van der Waals surface area contributed by atoms with E-state index >= 15 is 0 Å². The lowest BCUT2D eigenvalue weighted by Gasteiger charge is -2.42. The van der Waals surface area contributed by atoms with E-state index in [2.05, 4.69) is 27.1 Å². The molecule has 4 rings (SSSR count). The van der Waals surface area contributed by atoms with Crippen molar-refractivity contribution < 1.29 is 23.5 Å². The first-order chi connectivity index (χ1) is 16.7. The van der Waals surface area contributed by atoms with Crippen LogP contribution in [0.15, 0.2) is 36.5 Å². The Morgan fingerprint density at radius 2 is 1.91 bits per heavy atom. The minimum Gasteiger partial charge on any atom is -0.480 e. The molecule has 0 spiro atoms. The van der Waals surface area contributed by atoms with E-state index < -0.39 is 11.7 Å². The number of nitrogens with zero attached hydrogens (tertiary/aromatic N) is 3. The number of hydrogen-bond donors (Lipinski definition) is 2. The van der Waals surface area contributed by atoms with Crippen molar-refractivity contribution in [3.63, 3.8) is 0 Å². The summed E-state index contributed by atoms with van der Waals surface area (Å²) in [5, 5.41) is 2.69. The third-order valence-corrected chi connectivity index (χ3v) is 6.55. The summed E-state index contributed by atoms with van der Waals surface area (Å²) in [6, 6.07) is 7.98. The Labute approximate surface area is 202 Å². The van der Waals surface area contributed by atoms with E-state index in [1.165, 1.54) is 32.5 Å². The second-order valence-corrected chi connectivity index (χ2v) is 8.62. The van der Waals surface area contributed by atoms with Crippen molar-refractivity contribution >= 4 is 28.6 Å². The number of aromatic nitrogens is 2. The number of ketones is 1. The number of benzene rings is 1. The third kappa shape index (κ3) is 4.61. The number of carbonyl (C=O) groups excluding carboxylic acids is 3. The van der Waals surface area contributed by atoms with E-state index in [4.69, 9.17) is 4.74 Å². The molecule has 2 aromatic heterocycles. The van der Waals surface area contributed by atoms with Crippen LogP contribution in [-0.2, 0) is 4.79 Å². The fourth-order valence-electron chi connectivity index (χ4n) is 4.51. The molecule has 0 bridgehead atoms. The normalized spacial score (nSPS) is 17.3. The molecule has 3 aromatic rings. The van der Waals surface area contributed by atoms with E-state index in [-0.39, 0.29) is 40.8 Å². The van der Waals surface area contributed by atoms with Crippen LogP contribution in [0.5, 0.6) is 5.88 Å². The third-order valence-electron chi connectivity index (χ3n) is 6.55. The van der Waals surface area contributed by atoms with Gasteiger partial charge in [0, 0.05) is 50.3 Å². The summed E-state index contributed by atoms with van der Waals surface area (Å²) in [6.07, 6.45) is 1.40. The number of ether oxygens (including phenoxy) is 1. The van der Waals surface area contributed by atoms with Crippen molar-refractivity contribution in [2.24, 2.45) is 0 Å².